The van der Waals surface area contributed by atoms with Crippen molar-refractivity contribution in [3.63, 3.8) is 0 Å². The number of nitrogens with two attached hydrogens (primary N) is 1. The van der Waals surface area contributed by atoms with Gasteiger partial charge in [0.15, 0.2) is 0 Å². The molecule has 4 N–H and O–H groups in total. The van der Waals surface area contributed by atoms with Crippen LogP contribution in [0.15, 0.2) is 17.0 Å². The van der Waals surface area contributed by atoms with E-state index in [4.69, 9.17) is 10.8 Å². The third-order valence-corrected chi connectivity index (χ3v) is 3.41. The van der Waals surface area contributed by atoms with Crippen LogP contribution in [0.4, 0.5) is 0 Å². The van der Waals surface area contributed by atoms with Crippen molar-refractivity contribution in [1.29, 1.82) is 0 Å². The monoisotopic (exact) mass is 255 g/mol. The minimum absolute atomic E-state index is 0.0314. The number of aromatic hydroxyl groups is 1. The van der Waals surface area contributed by atoms with Gasteiger partial charge in [-0.05, 0) is 42.9 Å². The molecule has 17 heavy (non-hydrogen) atoms. The number of benzene rings is 1. The van der Waals surface area contributed by atoms with Crippen LogP contribution in [-0.2, 0) is 4.79 Å². The molecular weight excluding hydrogens is 238 g/mol. The van der Waals surface area contributed by atoms with Crippen molar-refractivity contribution < 1.29 is 15.0 Å². The van der Waals surface area contributed by atoms with Gasteiger partial charge in [-0.25, -0.2) is 0 Å². The number of carboxylic acids is 1. The fraction of sp³-hybridized carbons (Fsp3) is 0.417. The summed E-state index contributed by atoms with van der Waals surface area (Å²) in [7, 11) is 0. The van der Waals surface area contributed by atoms with Crippen LogP contribution < -0.4 is 5.73 Å². The minimum atomic E-state index is -0.859. The number of thioether (sulfide) groups is 1. The van der Waals surface area contributed by atoms with Crippen LogP contribution in [0.3, 0.4) is 0 Å². The summed E-state index contributed by atoms with van der Waals surface area (Å²) in [5, 5.41) is 18.3. The lowest BCUT2D eigenvalue weighted by Gasteiger charge is -2.16. The van der Waals surface area contributed by atoms with Crippen molar-refractivity contribution in [3.05, 3.63) is 23.3 Å². The van der Waals surface area contributed by atoms with Gasteiger partial charge in [-0.15, -0.1) is 11.8 Å². The Labute approximate surface area is 105 Å². The first-order valence-electron chi connectivity index (χ1n) is 5.30. The summed E-state index contributed by atoms with van der Waals surface area (Å²) < 4.78 is 0. The number of hydrogen-bond donors (Lipinski definition) is 3. The lowest BCUT2D eigenvalue weighted by molar-refractivity contribution is -0.137. The molecule has 0 saturated heterocycles. The maximum absolute atomic E-state index is 10.5. The highest BCUT2D eigenvalue weighted by molar-refractivity contribution is 7.98. The molecule has 0 aliphatic heterocycles. The van der Waals surface area contributed by atoms with Gasteiger partial charge in [-0.2, -0.15) is 0 Å². The Morgan fingerprint density at radius 2 is 2.18 bits per heavy atom. The molecule has 0 radical (unpaired) electrons. The average Bonchev–Trinajstić information content (AvgIpc) is 2.28. The molecule has 1 aromatic carbocycles. The van der Waals surface area contributed by atoms with E-state index in [1.165, 1.54) is 0 Å². The average molecular weight is 255 g/mol. The quantitative estimate of drug-likeness (QED) is 0.703. The van der Waals surface area contributed by atoms with E-state index in [0.29, 0.717) is 6.42 Å². The van der Waals surface area contributed by atoms with Crippen molar-refractivity contribution in [3.8, 4) is 5.75 Å². The van der Waals surface area contributed by atoms with Gasteiger partial charge >= 0.3 is 5.97 Å². The largest absolute Gasteiger partial charge is 0.508 e. The maximum atomic E-state index is 10.5. The number of carboxylic acid groups (broad SMARTS) is 1. The fourth-order valence-corrected chi connectivity index (χ4v) is 2.33. The van der Waals surface area contributed by atoms with Crippen LogP contribution >= 0.6 is 11.8 Å². The predicted octanol–water partition coefficient (Wildman–Crippen LogP) is 2.29. The molecule has 0 amide bonds. The highest BCUT2D eigenvalue weighted by Crippen LogP contribution is 2.32. The van der Waals surface area contributed by atoms with Crippen LogP contribution in [0.25, 0.3) is 0 Å². The first-order valence-corrected chi connectivity index (χ1v) is 6.53. The summed E-state index contributed by atoms with van der Waals surface area (Å²) >= 11 is 1.54. The van der Waals surface area contributed by atoms with Crippen molar-refractivity contribution in [2.45, 2.75) is 30.7 Å². The van der Waals surface area contributed by atoms with E-state index in [1.807, 2.05) is 19.2 Å². The van der Waals surface area contributed by atoms with Gasteiger partial charge in [0.1, 0.15) is 5.75 Å². The van der Waals surface area contributed by atoms with Crippen molar-refractivity contribution in [2.24, 2.45) is 5.73 Å². The minimum Gasteiger partial charge on any atom is -0.508 e. The van der Waals surface area contributed by atoms with Crippen molar-refractivity contribution >= 4 is 17.7 Å². The topological polar surface area (TPSA) is 83.5 Å². The highest BCUT2D eigenvalue weighted by atomic mass is 32.2. The molecule has 0 heterocycles. The van der Waals surface area contributed by atoms with Gasteiger partial charge in [-0.1, -0.05) is 0 Å². The third kappa shape index (κ3) is 3.64. The molecule has 0 aromatic heterocycles. The molecule has 1 aromatic rings. The molecule has 5 heteroatoms. The molecule has 4 nitrogen and oxygen atoms in total. The Balaban J connectivity index is 2.95. The molecular formula is C12H17NO3S. The van der Waals surface area contributed by atoms with Gasteiger partial charge in [0.25, 0.3) is 0 Å². The molecule has 94 valence electrons. The van der Waals surface area contributed by atoms with E-state index >= 15 is 0 Å². The molecule has 1 rings (SSSR count). The second-order valence-electron chi connectivity index (χ2n) is 3.92. The van der Waals surface area contributed by atoms with Crippen molar-refractivity contribution in [2.75, 3.05) is 6.26 Å². The lowest BCUT2D eigenvalue weighted by Crippen LogP contribution is -2.13. The second kappa shape index (κ2) is 5.93. The van der Waals surface area contributed by atoms with Gasteiger partial charge in [0.2, 0.25) is 0 Å². The van der Waals surface area contributed by atoms with Crippen LogP contribution in [0, 0.1) is 6.92 Å². The third-order valence-electron chi connectivity index (χ3n) is 2.62. The predicted molar refractivity (Wildman–Crippen MR) is 68.4 cm³/mol. The molecule has 1 unspecified atom stereocenters. The van der Waals surface area contributed by atoms with E-state index in [1.54, 1.807) is 17.8 Å². The van der Waals surface area contributed by atoms with E-state index in [2.05, 4.69) is 0 Å². The van der Waals surface area contributed by atoms with Crippen LogP contribution in [0.1, 0.15) is 30.0 Å². The summed E-state index contributed by atoms with van der Waals surface area (Å²) in [6.07, 6.45) is 2.33. The molecule has 1 atom stereocenters. The smallest absolute Gasteiger partial charge is 0.303 e. The molecule has 0 spiro atoms. The number of aliphatic carboxylic acids is 1. The second-order valence-corrected chi connectivity index (χ2v) is 4.77. The summed E-state index contributed by atoms with van der Waals surface area (Å²) in [5.74, 6) is -0.661. The van der Waals surface area contributed by atoms with E-state index in [9.17, 15) is 9.90 Å². The normalized spacial score (nSPS) is 12.4. The standard InChI is InChI=1S/C12H17NO3S/c1-7-5-11(17-2)8(6-10(7)14)9(13)3-4-12(15)16/h5-6,9,14H,3-4,13H2,1-2H3,(H,15,16). The Kier molecular flexibility index (Phi) is 4.84. The number of aryl methyl sites for hydroxylation is 1. The number of rotatable bonds is 5. The van der Waals surface area contributed by atoms with Crippen LogP contribution in [0.2, 0.25) is 0 Å². The molecule has 0 aliphatic rings. The molecule has 0 aliphatic carbocycles. The van der Waals surface area contributed by atoms with Gasteiger partial charge in [0.05, 0.1) is 0 Å². The summed E-state index contributed by atoms with van der Waals surface area (Å²) in [4.78, 5) is 11.5. The molecule has 0 saturated carbocycles. The zero-order chi connectivity index (χ0) is 13.0. The summed E-state index contributed by atoms with van der Waals surface area (Å²) in [6, 6.07) is 3.14. The van der Waals surface area contributed by atoms with Crippen molar-refractivity contribution in [1.82, 2.24) is 0 Å². The maximum Gasteiger partial charge on any atom is 0.303 e. The van der Waals surface area contributed by atoms with E-state index < -0.39 is 5.97 Å². The van der Waals surface area contributed by atoms with Gasteiger partial charge < -0.3 is 15.9 Å². The van der Waals surface area contributed by atoms with Gasteiger partial charge in [0, 0.05) is 17.4 Å². The Morgan fingerprint density at radius 3 is 2.71 bits per heavy atom. The molecule has 0 fully saturated rings. The summed E-state index contributed by atoms with van der Waals surface area (Å²) in [5.41, 5.74) is 7.55. The zero-order valence-corrected chi connectivity index (χ0v) is 10.8. The zero-order valence-electron chi connectivity index (χ0n) is 9.93. The highest BCUT2D eigenvalue weighted by Gasteiger charge is 2.14. The van der Waals surface area contributed by atoms with Crippen LogP contribution in [-0.4, -0.2) is 22.4 Å². The lowest BCUT2D eigenvalue weighted by atomic mass is 10.0. The fourth-order valence-electron chi connectivity index (χ4n) is 1.59. The Bertz CT molecular complexity index is 420. The number of hydrogen-bond acceptors (Lipinski definition) is 4. The van der Waals surface area contributed by atoms with Crippen LogP contribution in [0.5, 0.6) is 5.75 Å². The SMILES string of the molecule is CSc1cc(C)c(O)cc1C(N)CCC(=O)O. The number of carbonyl (C=O) groups is 1. The number of phenolic OH excluding ortho intramolecular Hbond substituents is 1. The molecule has 0 bridgehead atoms. The summed E-state index contributed by atoms with van der Waals surface area (Å²) in [6.45, 7) is 1.82. The first kappa shape index (κ1) is 13.9. The van der Waals surface area contributed by atoms with E-state index in [0.717, 1.165) is 16.0 Å². The van der Waals surface area contributed by atoms with Gasteiger partial charge in [-0.3, -0.25) is 4.79 Å². The Hall–Kier alpha value is -1.20. The number of phenols is 1. The Morgan fingerprint density at radius 1 is 1.53 bits per heavy atom. The van der Waals surface area contributed by atoms with E-state index in [-0.39, 0.29) is 18.2 Å². The first-order chi connectivity index (χ1) is 7.95.